The van der Waals surface area contributed by atoms with Gasteiger partial charge in [-0.15, -0.1) is 0 Å². The summed E-state index contributed by atoms with van der Waals surface area (Å²) in [6, 6.07) is 0. The van der Waals surface area contributed by atoms with Crippen molar-refractivity contribution < 1.29 is 9.53 Å². The topological polar surface area (TPSA) is 55.6 Å². The Labute approximate surface area is 104 Å². The van der Waals surface area contributed by atoms with Crippen molar-refractivity contribution in [3.05, 3.63) is 0 Å². The van der Waals surface area contributed by atoms with Crippen LogP contribution in [0.25, 0.3) is 0 Å². The Hall–Kier alpha value is -0.610. The molecule has 4 heteroatoms. The van der Waals surface area contributed by atoms with E-state index in [4.69, 9.17) is 10.5 Å². The highest BCUT2D eigenvalue weighted by molar-refractivity contribution is 5.78. The second kappa shape index (κ2) is 7.67. The van der Waals surface area contributed by atoms with Gasteiger partial charge in [-0.05, 0) is 38.1 Å². The summed E-state index contributed by atoms with van der Waals surface area (Å²) in [4.78, 5) is 14.2. The van der Waals surface area contributed by atoms with Gasteiger partial charge in [-0.1, -0.05) is 6.92 Å². The van der Waals surface area contributed by atoms with Gasteiger partial charge in [-0.2, -0.15) is 0 Å². The van der Waals surface area contributed by atoms with Crippen molar-refractivity contribution in [1.29, 1.82) is 0 Å². The number of rotatable bonds is 6. The molecule has 0 aromatic carbocycles. The van der Waals surface area contributed by atoms with Crippen LogP contribution in [-0.2, 0) is 9.53 Å². The lowest BCUT2D eigenvalue weighted by Crippen LogP contribution is -2.43. The van der Waals surface area contributed by atoms with Crippen LogP contribution >= 0.6 is 0 Å². The van der Waals surface area contributed by atoms with Crippen molar-refractivity contribution in [2.45, 2.75) is 32.6 Å². The molecular formula is C13H26N2O2. The highest BCUT2D eigenvalue weighted by Gasteiger charge is 2.26. The van der Waals surface area contributed by atoms with Gasteiger partial charge in [-0.3, -0.25) is 4.79 Å². The fourth-order valence-electron chi connectivity index (χ4n) is 2.50. The summed E-state index contributed by atoms with van der Waals surface area (Å²) >= 11 is 0. The van der Waals surface area contributed by atoms with Crippen LogP contribution in [0.15, 0.2) is 0 Å². The number of carbonyl (C=O) groups is 1. The number of carbonyl (C=O) groups excluding carboxylic acids is 1. The summed E-state index contributed by atoms with van der Waals surface area (Å²) in [6.07, 6.45) is 4.11. The van der Waals surface area contributed by atoms with Gasteiger partial charge >= 0.3 is 0 Å². The van der Waals surface area contributed by atoms with Crippen molar-refractivity contribution in [2.75, 3.05) is 33.4 Å². The first-order valence-corrected chi connectivity index (χ1v) is 6.66. The Bertz CT molecular complexity index is 231. The second-order valence-electron chi connectivity index (χ2n) is 5.08. The molecule has 2 unspecified atom stereocenters. The van der Waals surface area contributed by atoms with Crippen LogP contribution in [0, 0.1) is 11.8 Å². The molecular weight excluding hydrogens is 216 g/mol. The first kappa shape index (κ1) is 14.5. The molecule has 0 aromatic rings. The number of methoxy groups -OCH3 is 1. The van der Waals surface area contributed by atoms with E-state index < -0.39 is 0 Å². The average molecular weight is 242 g/mol. The second-order valence-corrected chi connectivity index (χ2v) is 5.08. The van der Waals surface area contributed by atoms with E-state index in [2.05, 4.69) is 0 Å². The molecule has 0 saturated carbocycles. The third kappa shape index (κ3) is 4.64. The molecule has 17 heavy (non-hydrogen) atoms. The summed E-state index contributed by atoms with van der Waals surface area (Å²) in [5, 5.41) is 0. The predicted octanol–water partition coefficient (Wildman–Crippen LogP) is 1.25. The van der Waals surface area contributed by atoms with Gasteiger partial charge in [0.1, 0.15) is 0 Å². The molecule has 1 rings (SSSR count). The van der Waals surface area contributed by atoms with Crippen molar-refractivity contribution in [2.24, 2.45) is 17.6 Å². The van der Waals surface area contributed by atoms with Gasteiger partial charge in [0, 0.05) is 26.1 Å². The lowest BCUT2D eigenvalue weighted by molar-refractivity contribution is -0.137. The summed E-state index contributed by atoms with van der Waals surface area (Å²) in [5.74, 6) is 0.915. The van der Waals surface area contributed by atoms with Crippen LogP contribution in [0.1, 0.15) is 32.6 Å². The minimum atomic E-state index is 0.111. The molecule has 100 valence electrons. The first-order chi connectivity index (χ1) is 8.19. The Balaban J connectivity index is 2.39. The molecule has 1 amide bonds. The van der Waals surface area contributed by atoms with Gasteiger partial charge in [-0.25, -0.2) is 0 Å². The molecule has 2 atom stereocenters. The average Bonchev–Trinajstić information content (AvgIpc) is 2.35. The van der Waals surface area contributed by atoms with E-state index in [0.717, 1.165) is 39.0 Å². The van der Waals surface area contributed by atoms with E-state index in [1.165, 1.54) is 6.42 Å². The van der Waals surface area contributed by atoms with Crippen LogP contribution in [0.2, 0.25) is 0 Å². The number of hydrogen-bond acceptors (Lipinski definition) is 3. The maximum Gasteiger partial charge on any atom is 0.225 e. The molecule has 2 N–H and O–H groups in total. The molecule has 1 fully saturated rings. The quantitative estimate of drug-likeness (QED) is 0.762. The smallest absolute Gasteiger partial charge is 0.225 e. The zero-order chi connectivity index (χ0) is 12.7. The van der Waals surface area contributed by atoms with E-state index in [1.54, 1.807) is 7.11 Å². The van der Waals surface area contributed by atoms with E-state index in [9.17, 15) is 4.79 Å². The molecule has 0 bridgehead atoms. The maximum atomic E-state index is 12.2. The standard InChI is InChI=1S/C13H26N2O2/c1-11(5-3-7-14)13(16)15-8-4-6-12(9-15)10-17-2/h11-12H,3-10,14H2,1-2H3. The third-order valence-corrected chi connectivity index (χ3v) is 3.50. The van der Waals surface area contributed by atoms with Crippen LogP contribution in [0.4, 0.5) is 0 Å². The monoisotopic (exact) mass is 242 g/mol. The normalized spacial score (nSPS) is 22.5. The van der Waals surface area contributed by atoms with E-state index in [0.29, 0.717) is 18.4 Å². The number of ether oxygens (including phenoxy) is 1. The van der Waals surface area contributed by atoms with Crippen molar-refractivity contribution in [1.82, 2.24) is 4.90 Å². The highest BCUT2D eigenvalue weighted by atomic mass is 16.5. The fraction of sp³-hybridized carbons (Fsp3) is 0.923. The highest BCUT2D eigenvalue weighted by Crippen LogP contribution is 2.19. The van der Waals surface area contributed by atoms with Crippen molar-refractivity contribution in [3.63, 3.8) is 0 Å². The van der Waals surface area contributed by atoms with Gasteiger partial charge in [0.25, 0.3) is 0 Å². The Morgan fingerprint density at radius 2 is 2.35 bits per heavy atom. The molecule has 4 nitrogen and oxygen atoms in total. The molecule has 0 aromatic heterocycles. The molecule has 0 spiro atoms. The molecule has 1 aliphatic heterocycles. The lowest BCUT2D eigenvalue weighted by atomic mass is 9.96. The summed E-state index contributed by atoms with van der Waals surface area (Å²) in [7, 11) is 1.73. The molecule has 1 aliphatic rings. The van der Waals surface area contributed by atoms with E-state index in [1.807, 2.05) is 11.8 Å². The summed E-state index contributed by atoms with van der Waals surface area (Å²) < 4.78 is 5.18. The van der Waals surface area contributed by atoms with Gasteiger partial charge in [0.15, 0.2) is 0 Å². The van der Waals surface area contributed by atoms with Crippen molar-refractivity contribution in [3.8, 4) is 0 Å². The number of amides is 1. The Kier molecular flexibility index (Phi) is 6.52. The van der Waals surface area contributed by atoms with E-state index >= 15 is 0 Å². The predicted molar refractivity (Wildman–Crippen MR) is 68.6 cm³/mol. The maximum absolute atomic E-state index is 12.2. The minimum absolute atomic E-state index is 0.111. The molecule has 1 saturated heterocycles. The van der Waals surface area contributed by atoms with Gasteiger partial charge < -0.3 is 15.4 Å². The zero-order valence-electron chi connectivity index (χ0n) is 11.2. The molecule has 1 heterocycles. The van der Waals surface area contributed by atoms with Crippen LogP contribution in [-0.4, -0.2) is 44.2 Å². The molecule has 0 aliphatic carbocycles. The largest absolute Gasteiger partial charge is 0.384 e. The number of nitrogens with zero attached hydrogens (tertiary/aromatic N) is 1. The number of nitrogens with two attached hydrogens (primary N) is 1. The van der Waals surface area contributed by atoms with Gasteiger partial charge in [0.2, 0.25) is 5.91 Å². The third-order valence-electron chi connectivity index (χ3n) is 3.50. The van der Waals surface area contributed by atoms with Crippen LogP contribution in [0.5, 0.6) is 0 Å². The van der Waals surface area contributed by atoms with Crippen LogP contribution < -0.4 is 5.73 Å². The summed E-state index contributed by atoms with van der Waals surface area (Å²) in [6.45, 7) is 5.22. The van der Waals surface area contributed by atoms with Gasteiger partial charge in [0.05, 0.1) is 6.61 Å². The Morgan fingerprint density at radius 1 is 1.59 bits per heavy atom. The van der Waals surface area contributed by atoms with Crippen LogP contribution in [0.3, 0.4) is 0 Å². The first-order valence-electron chi connectivity index (χ1n) is 6.66. The minimum Gasteiger partial charge on any atom is -0.384 e. The van der Waals surface area contributed by atoms with Crippen molar-refractivity contribution >= 4 is 5.91 Å². The number of hydrogen-bond donors (Lipinski definition) is 1. The number of likely N-dealkylation sites (tertiary alicyclic amines) is 1. The molecule has 0 radical (unpaired) electrons. The Morgan fingerprint density at radius 3 is 3.00 bits per heavy atom. The zero-order valence-corrected chi connectivity index (χ0v) is 11.2. The fourth-order valence-corrected chi connectivity index (χ4v) is 2.50. The van der Waals surface area contributed by atoms with E-state index in [-0.39, 0.29) is 5.92 Å². The SMILES string of the molecule is COCC1CCCN(C(=O)C(C)CCCN)C1. The number of piperidine rings is 1. The summed E-state index contributed by atoms with van der Waals surface area (Å²) in [5.41, 5.74) is 5.48. The lowest BCUT2D eigenvalue weighted by Gasteiger charge is -2.34.